The normalized spacial score (nSPS) is 13.2. The maximum absolute atomic E-state index is 12.2. The van der Waals surface area contributed by atoms with Crippen LogP contribution in [0.1, 0.15) is 90.9 Å². The topological polar surface area (TPSA) is 104 Å². The van der Waals surface area contributed by atoms with Crippen LogP contribution in [0.3, 0.4) is 0 Å². The molecule has 2 atom stereocenters. The number of nitrogens with two attached hydrogens (primary N) is 1. The van der Waals surface area contributed by atoms with Gasteiger partial charge in [0.1, 0.15) is 6.04 Å². The summed E-state index contributed by atoms with van der Waals surface area (Å²) in [6.45, 7) is 4.87. The van der Waals surface area contributed by atoms with E-state index in [9.17, 15) is 14.7 Å². The van der Waals surface area contributed by atoms with Crippen molar-refractivity contribution < 1.29 is 14.7 Å². The molecule has 0 aromatic carbocycles. The highest BCUT2D eigenvalue weighted by molar-refractivity contribution is 5.82. The van der Waals surface area contributed by atoms with Gasteiger partial charge >= 0.3 is 12.0 Å². The standard InChI is InChI=1S/C19H39N3O3/c1-3-5-7-8-9-13-16(12-6-4-2)21-19(25)22-17(18(23)24)14-10-11-15-20/h16-17H,3-15,20H2,1-2H3,(H,23,24)(H2,21,22,25)/t16?,17-/m0/s1. The molecule has 0 bridgehead atoms. The first-order valence-electron chi connectivity index (χ1n) is 10.0. The van der Waals surface area contributed by atoms with E-state index in [0.717, 1.165) is 38.5 Å². The number of carboxylic acids is 1. The van der Waals surface area contributed by atoms with E-state index in [1.54, 1.807) is 0 Å². The molecule has 2 amide bonds. The maximum Gasteiger partial charge on any atom is 0.326 e. The average molecular weight is 358 g/mol. The molecular formula is C19H39N3O3. The summed E-state index contributed by atoms with van der Waals surface area (Å²) in [6.07, 6.45) is 12.0. The quantitative estimate of drug-likeness (QED) is 0.315. The molecule has 0 rings (SSSR count). The highest BCUT2D eigenvalue weighted by atomic mass is 16.4. The van der Waals surface area contributed by atoms with Gasteiger partial charge < -0.3 is 21.5 Å². The van der Waals surface area contributed by atoms with Crippen molar-refractivity contribution in [3.63, 3.8) is 0 Å². The monoisotopic (exact) mass is 357 g/mol. The fraction of sp³-hybridized carbons (Fsp3) is 0.895. The van der Waals surface area contributed by atoms with Gasteiger partial charge in [-0.3, -0.25) is 0 Å². The van der Waals surface area contributed by atoms with E-state index in [1.807, 2.05) is 0 Å². The molecule has 0 saturated carbocycles. The SMILES string of the molecule is CCCCCCCC(CCCC)NC(=O)N[C@@H](CCCCN)C(=O)O. The molecule has 5 N–H and O–H groups in total. The Bertz CT molecular complexity index is 351. The fourth-order valence-corrected chi connectivity index (χ4v) is 2.87. The first-order valence-corrected chi connectivity index (χ1v) is 10.0. The number of carbonyl (C=O) groups excluding carboxylic acids is 1. The van der Waals surface area contributed by atoms with Gasteiger partial charge in [0.15, 0.2) is 0 Å². The van der Waals surface area contributed by atoms with Crippen molar-refractivity contribution in [3.8, 4) is 0 Å². The van der Waals surface area contributed by atoms with Crippen LogP contribution >= 0.6 is 0 Å². The van der Waals surface area contributed by atoms with E-state index in [4.69, 9.17) is 5.73 Å². The minimum Gasteiger partial charge on any atom is -0.480 e. The van der Waals surface area contributed by atoms with E-state index >= 15 is 0 Å². The van der Waals surface area contributed by atoms with Crippen LogP contribution in [-0.2, 0) is 4.79 Å². The van der Waals surface area contributed by atoms with Gasteiger partial charge in [-0.05, 0) is 38.6 Å². The van der Waals surface area contributed by atoms with E-state index < -0.39 is 12.0 Å². The fourth-order valence-electron chi connectivity index (χ4n) is 2.87. The van der Waals surface area contributed by atoms with Gasteiger partial charge in [0.25, 0.3) is 0 Å². The summed E-state index contributed by atoms with van der Waals surface area (Å²) in [5, 5.41) is 14.8. The molecule has 0 fully saturated rings. The third kappa shape index (κ3) is 13.6. The highest BCUT2D eigenvalue weighted by Gasteiger charge is 2.20. The molecule has 0 aromatic rings. The molecule has 6 heteroatoms. The minimum absolute atomic E-state index is 0.125. The Morgan fingerprint density at radius 1 is 0.840 bits per heavy atom. The number of aliphatic carboxylic acids is 1. The lowest BCUT2D eigenvalue weighted by atomic mass is 10.0. The van der Waals surface area contributed by atoms with E-state index in [0.29, 0.717) is 19.4 Å². The summed E-state index contributed by atoms with van der Waals surface area (Å²) in [7, 11) is 0. The van der Waals surface area contributed by atoms with Gasteiger partial charge in [-0.15, -0.1) is 0 Å². The van der Waals surface area contributed by atoms with E-state index in [-0.39, 0.29) is 12.1 Å². The van der Waals surface area contributed by atoms with Crippen molar-refractivity contribution in [2.75, 3.05) is 6.54 Å². The van der Waals surface area contributed by atoms with Gasteiger partial charge in [0.05, 0.1) is 0 Å². The molecule has 0 spiro atoms. The van der Waals surface area contributed by atoms with Gasteiger partial charge in [-0.2, -0.15) is 0 Å². The van der Waals surface area contributed by atoms with Crippen LogP contribution in [0.25, 0.3) is 0 Å². The molecule has 6 nitrogen and oxygen atoms in total. The number of nitrogens with one attached hydrogen (secondary N) is 2. The smallest absolute Gasteiger partial charge is 0.326 e. The molecule has 0 aromatic heterocycles. The zero-order chi connectivity index (χ0) is 18.9. The predicted octanol–water partition coefficient (Wildman–Crippen LogP) is 3.79. The largest absolute Gasteiger partial charge is 0.480 e. The van der Waals surface area contributed by atoms with Crippen molar-refractivity contribution in [1.29, 1.82) is 0 Å². The first-order chi connectivity index (χ1) is 12.0. The number of urea groups is 1. The summed E-state index contributed by atoms with van der Waals surface area (Å²) in [6, 6.07) is -1.09. The molecule has 1 unspecified atom stereocenters. The Morgan fingerprint density at radius 3 is 2.04 bits per heavy atom. The second-order valence-corrected chi connectivity index (χ2v) is 6.84. The van der Waals surface area contributed by atoms with Crippen molar-refractivity contribution in [2.24, 2.45) is 5.73 Å². The summed E-state index contributed by atoms with van der Waals surface area (Å²) in [5.41, 5.74) is 5.43. The Morgan fingerprint density at radius 2 is 1.44 bits per heavy atom. The predicted molar refractivity (Wildman–Crippen MR) is 103 cm³/mol. The number of rotatable bonds is 16. The molecule has 0 aliphatic carbocycles. The van der Waals surface area contributed by atoms with Crippen molar-refractivity contribution in [1.82, 2.24) is 10.6 Å². The van der Waals surface area contributed by atoms with Gasteiger partial charge in [0, 0.05) is 6.04 Å². The van der Waals surface area contributed by atoms with Crippen LogP contribution < -0.4 is 16.4 Å². The molecule has 0 radical (unpaired) electrons. The highest BCUT2D eigenvalue weighted by Crippen LogP contribution is 2.12. The Balaban J connectivity index is 4.32. The average Bonchev–Trinajstić information content (AvgIpc) is 2.58. The van der Waals surface area contributed by atoms with Crippen molar-refractivity contribution in [2.45, 2.75) is 103 Å². The summed E-state index contributed by atoms with van der Waals surface area (Å²) >= 11 is 0. The maximum atomic E-state index is 12.2. The lowest BCUT2D eigenvalue weighted by Crippen LogP contribution is -2.49. The zero-order valence-corrected chi connectivity index (χ0v) is 16.2. The summed E-state index contributed by atoms with van der Waals surface area (Å²) in [5.74, 6) is -0.989. The third-order valence-corrected chi connectivity index (χ3v) is 4.45. The minimum atomic E-state index is -0.989. The first kappa shape index (κ1) is 23.7. The van der Waals surface area contributed by atoms with Crippen LogP contribution in [-0.4, -0.2) is 35.7 Å². The molecule has 0 saturated heterocycles. The Kier molecular flexibility index (Phi) is 15.3. The van der Waals surface area contributed by atoms with Crippen LogP contribution in [0.4, 0.5) is 4.79 Å². The number of amides is 2. The number of hydrogen-bond donors (Lipinski definition) is 4. The number of hydrogen-bond acceptors (Lipinski definition) is 3. The summed E-state index contributed by atoms with van der Waals surface area (Å²) in [4.78, 5) is 23.5. The van der Waals surface area contributed by atoms with Crippen LogP contribution in [0.5, 0.6) is 0 Å². The van der Waals surface area contributed by atoms with Gasteiger partial charge in [-0.25, -0.2) is 9.59 Å². The number of unbranched alkanes of at least 4 members (excludes halogenated alkanes) is 6. The summed E-state index contributed by atoms with van der Waals surface area (Å²) < 4.78 is 0. The molecule has 25 heavy (non-hydrogen) atoms. The van der Waals surface area contributed by atoms with Crippen LogP contribution in [0.2, 0.25) is 0 Å². The van der Waals surface area contributed by atoms with Crippen molar-refractivity contribution in [3.05, 3.63) is 0 Å². The molecule has 0 aliphatic heterocycles. The zero-order valence-electron chi connectivity index (χ0n) is 16.2. The Hall–Kier alpha value is -1.30. The van der Waals surface area contributed by atoms with E-state index in [1.165, 1.54) is 25.7 Å². The number of carboxylic acid groups (broad SMARTS) is 1. The van der Waals surface area contributed by atoms with E-state index in [2.05, 4.69) is 24.5 Å². The van der Waals surface area contributed by atoms with Gasteiger partial charge in [-0.1, -0.05) is 58.8 Å². The second kappa shape index (κ2) is 16.2. The third-order valence-electron chi connectivity index (χ3n) is 4.45. The lowest BCUT2D eigenvalue weighted by molar-refractivity contribution is -0.139. The number of carbonyl (C=O) groups is 2. The van der Waals surface area contributed by atoms with Crippen molar-refractivity contribution >= 4 is 12.0 Å². The molecular weight excluding hydrogens is 318 g/mol. The molecule has 148 valence electrons. The van der Waals surface area contributed by atoms with Crippen LogP contribution in [0.15, 0.2) is 0 Å². The molecule has 0 aliphatic rings. The van der Waals surface area contributed by atoms with Crippen LogP contribution in [0, 0.1) is 0 Å². The van der Waals surface area contributed by atoms with Gasteiger partial charge in [0.2, 0.25) is 0 Å². The second-order valence-electron chi connectivity index (χ2n) is 6.84. The molecule has 0 heterocycles. The Labute approximate surface area is 153 Å². The lowest BCUT2D eigenvalue weighted by Gasteiger charge is -2.21.